The Morgan fingerprint density at radius 1 is 1.33 bits per heavy atom. The van der Waals surface area contributed by atoms with Crippen LogP contribution in [0.2, 0.25) is 0 Å². The topological polar surface area (TPSA) is 72.2 Å². The van der Waals surface area contributed by atoms with Gasteiger partial charge < -0.3 is 5.11 Å². The summed E-state index contributed by atoms with van der Waals surface area (Å²) in [5.41, 5.74) is 0.520. The minimum absolute atomic E-state index is 0.0930. The van der Waals surface area contributed by atoms with Gasteiger partial charge in [-0.25, -0.2) is 4.98 Å². The number of carboxylic acids is 1. The standard InChI is InChI=1S/C15H18N2O3S/c1-2-3-6-9-17-14(20)11-7-4-5-8-12(11)16-15(17)21-10-13(18)19/h4-5,7-8H,2-3,6,9-10H2,1H3,(H,18,19). The number of rotatable bonds is 7. The number of thioether (sulfide) groups is 1. The first-order valence-electron chi connectivity index (χ1n) is 6.97. The van der Waals surface area contributed by atoms with Crippen molar-refractivity contribution in [3.63, 3.8) is 0 Å². The number of aromatic nitrogens is 2. The molecule has 1 N–H and O–H groups in total. The molecule has 0 spiro atoms. The molecule has 2 rings (SSSR count). The summed E-state index contributed by atoms with van der Waals surface area (Å²) in [7, 11) is 0. The smallest absolute Gasteiger partial charge is 0.313 e. The molecule has 112 valence electrons. The zero-order valence-corrected chi connectivity index (χ0v) is 12.7. The van der Waals surface area contributed by atoms with Crippen molar-refractivity contribution < 1.29 is 9.90 Å². The molecule has 21 heavy (non-hydrogen) atoms. The van der Waals surface area contributed by atoms with Crippen molar-refractivity contribution >= 4 is 28.6 Å². The maximum Gasteiger partial charge on any atom is 0.313 e. The number of benzene rings is 1. The number of fused-ring (bicyclic) bond motifs is 1. The summed E-state index contributed by atoms with van der Waals surface area (Å²) in [5, 5.41) is 9.89. The van der Waals surface area contributed by atoms with Gasteiger partial charge >= 0.3 is 5.97 Å². The van der Waals surface area contributed by atoms with E-state index < -0.39 is 5.97 Å². The molecule has 5 nitrogen and oxygen atoms in total. The van der Waals surface area contributed by atoms with Gasteiger partial charge in [-0.1, -0.05) is 43.7 Å². The maximum atomic E-state index is 12.6. The zero-order chi connectivity index (χ0) is 15.2. The SMILES string of the molecule is CCCCCn1c(SCC(=O)O)nc2ccccc2c1=O. The molecule has 6 heteroatoms. The molecule has 0 aliphatic rings. The molecule has 1 aromatic heterocycles. The normalized spacial score (nSPS) is 10.9. The molecule has 2 aromatic rings. The number of carboxylic acid groups (broad SMARTS) is 1. The van der Waals surface area contributed by atoms with Crippen molar-refractivity contribution in [1.82, 2.24) is 9.55 Å². The van der Waals surface area contributed by atoms with Gasteiger partial charge in [-0.05, 0) is 18.6 Å². The summed E-state index contributed by atoms with van der Waals surface area (Å²) in [6.45, 7) is 2.67. The van der Waals surface area contributed by atoms with Crippen LogP contribution in [-0.2, 0) is 11.3 Å². The first kappa shape index (κ1) is 15.6. The molecule has 0 fully saturated rings. The molecule has 0 amide bonds. The van der Waals surface area contributed by atoms with Crippen LogP contribution in [-0.4, -0.2) is 26.4 Å². The van der Waals surface area contributed by atoms with Crippen molar-refractivity contribution in [3.8, 4) is 0 Å². The Kier molecular flexibility index (Phi) is 5.38. The lowest BCUT2D eigenvalue weighted by Crippen LogP contribution is -2.24. The highest BCUT2D eigenvalue weighted by atomic mass is 32.2. The molecule has 0 aliphatic carbocycles. The minimum Gasteiger partial charge on any atom is -0.481 e. The van der Waals surface area contributed by atoms with Crippen molar-refractivity contribution in [2.24, 2.45) is 0 Å². The highest BCUT2D eigenvalue weighted by Crippen LogP contribution is 2.18. The Hall–Kier alpha value is -1.82. The van der Waals surface area contributed by atoms with Gasteiger partial charge in [0.2, 0.25) is 0 Å². The Bertz CT molecular complexity index is 697. The number of aliphatic carboxylic acids is 1. The summed E-state index contributed by atoms with van der Waals surface area (Å²) < 4.78 is 1.60. The number of unbranched alkanes of at least 4 members (excludes halogenated alkanes) is 2. The van der Waals surface area contributed by atoms with Gasteiger partial charge in [-0.15, -0.1) is 0 Å². The van der Waals surface area contributed by atoms with Gasteiger partial charge in [0.1, 0.15) is 0 Å². The van der Waals surface area contributed by atoms with Crippen molar-refractivity contribution in [2.45, 2.75) is 37.9 Å². The summed E-state index contributed by atoms with van der Waals surface area (Å²) in [4.78, 5) is 27.8. The van der Waals surface area contributed by atoms with E-state index in [0.717, 1.165) is 31.0 Å². The quantitative estimate of drug-likeness (QED) is 0.484. The molecule has 0 saturated heterocycles. The molecular weight excluding hydrogens is 288 g/mol. The fraction of sp³-hybridized carbons (Fsp3) is 0.400. The van der Waals surface area contributed by atoms with Crippen LogP contribution in [0, 0.1) is 0 Å². The lowest BCUT2D eigenvalue weighted by molar-refractivity contribution is -0.133. The van der Waals surface area contributed by atoms with E-state index in [1.54, 1.807) is 16.7 Å². The van der Waals surface area contributed by atoms with Crippen LogP contribution in [0.1, 0.15) is 26.2 Å². The molecule has 0 radical (unpaired) electrons. The summed E-state index contributed by atoms with van der Waals surface area (Å²) in [6, 6.07) is 7.16. The van der Waals surface area contributed by atoms with E-state index in [-0.39, 0.29) is 11.3 Å². The summed E-state index contributed by atoms with van der Waals surface area (Å²) in [6.07, 6.45) is 2.98. The van der Waals surface area contributed by atoms with E-state index >= 15 is 0 Å². The van der Waals surface area contributed by atoms with Crippen LogP contribution < -0.4 is 5.56 Å². The summed E-state index contributed by atoms with van der Waals surface area (Å²) >= 11 is 1.09. The third-order valence-corrected chi connectivity index (χ3v) is 4.10. The van der Waals surface area contributed by atoms with Gasteiger partial charge in [0.15, 0.2) is 5.16 Å². The van der Waals surface area contributed by atoms with Gasteiger partial charge in [0.05, 0.1) is 16.7 Å². The molecule has 0 aliphatic heterocycles. The minimum atomic E-state index is -0.914. The van der Waals surface area contributed by atoms with Crippen molar-refractivity contribution in [1.29, 1.82) is 0 Å². The van der Waals surface area contributed by atoms with Gasteiger partial charge in [0.25, 0.3) is 5.56 Å². The predicted octanol–water partition coefficient (Wildman–Crippen LogP) is 2.76. The number of nitrogens with zero attached hydrogens (tertiary/aromatic N) is 2. The highest BCUT2D eigenvalue weighted by Gasteiger charge is 2.12. The average Bonchev–Trinajstić information content (AvgIpc) is 2.48. The van der Waals surface area contributed by atoms with E-state index in [1.807, 2.05) is 12.1 Å². The van der Waals surface area contributed by atoms with Crippen LogP contribution in [0.3, 0.4) is 0 Å². The Labute approximate surface area is 127 Å². The van der Waals surface area contributed by atoms with E-state index in [4.69, 9.17) is 5.11 Å². The van der Waals surface area contributed by atoms with Crippen LogP contribution in [0.25, 0.3) is 10.9 Å². The third-order valence-electron chi connectivity index (χ3n) is 3.14. The van der Waals surface area contributed by atoms with Crippen molar-refractivity contribution in [3.05, 3.63) is 34.6 Å². The molecule has 1 heterocycles. The van der Waals surface area contributed by atoms with Crippen LogP contribution in [0.5, 0.6) is 0 Å². The van der Waals surface area contributed by atoms with E-state index in [0.29, 0.717) is 22.6 Å². The molecule has 1 aromatic carbocycles. The fourth-order valence-corrected chi connectivity index (χ4v) is 2.85. The fourth-order valence-electron chi connectivity index (χ4n) is 2.10. The zero-order valence-electron chi connectivity index (χ0n) is 11.9. The second-order valence-corrected chi connectivity index (χ2v) is 5.70. The molecule has 0 atom stereocenters. The van der Waals surface area contributed by atoms with Crippen LogP contribution in [0.15, 0.2) is 34.2 Å². The summed E-state index contributed by atoms with van der Waals surface area (Å²) in [5.74, 6) is -1.01. The molecule has 0 saturated carbocycles. The number of hydrogen-bond acceptors (Lipinski definition) is 4. The monoisotopic (exact) mass is 306 g/mol. The number of carbonyl (C=O) groups is 1. The van der Waals surface area contributed by atoms with Crippen LogP contribution in [0.4, 0.5) is 0 Å². The second kappa shape index (κ2) is 7.26. The van der Waals surface area contributed by atoms with E-state index in [1.165, 1.54) is 0 Å². The Balaban J connectivity index is 2.43. The van der Waals surface area contributed by atoms with E-state index in [9.17, 15) is 9.59 Å². The van der Waals surface area contributed by atoms with Gasteiger partial charge in [-0.2, -0.15) is 0 Å². The van der Waals surface area contributed by atoms with Crippen LogP contribution >= 0.6 is 11.8 Å². The van der Waals surface area contributed by atoms with E-state index in [2.05, 4.69) is 11.9 Å². The first-order chi connectivity index (χ1) is 10.1. The third kappa shape index (κ3) is 3.85. The first-order valence-corrected chi connectivity index (χ1v) is 7.96. The molecule has 0 unspecified atom stereocenters. The largest absolute Gasteiger partial charge is 0.481 e. The highest BCUT2D eigenvalue weighted by molar-refractivity contribution is 7.99. The maximum absolute atomic E-state index is 12.6. The number of hydrogen-bond donors (Lipinski definition) is 1. The lowest BCUT2D eigenvalue weighted by Gasteiger charge is -2.12. The predicted molar refractivity (Wildman–Crippen MR) is 83.9 cm³/mol. The van der Waals surface area contributed by atoms with Gasteiger partial charge in [-0.3, -0.25) is 14.2 Å². The Morgan fingerprint density at radius 2 is 2.10 bits per heavy atom. The molecular formula is C15H18N2O3S. The van der Waals surface area contributed by atoms with Gasteiger partial charge in [0, 0.05) is 6.54 Å². The second-order valence-electron chi connectivity index (χ2n) is 4.76. The molecule has 0 bridgehead atoms. The van der Waals surface area contributed by atoms with Crippen molar-refractivity contribution in [2.75, 3.05) is 5.75 Å². The lowest BCUT2D eigenvalue weighted by atomic mass is 10.2. The number of para-hydroxylation sites is 1. The Morgan fingerprint density at radius 3 is 2.81 bits per heavy atom. The average molecular weight is 306 g/mol.